The van der Waals surface area contributed by atoms with E-state index in [-0.39, 0.29) is 5.78 Å². The summed E-state index contributed by atoms with van der Waals surface area (Å²) in [6, 6.07) is 13.7. The molecule has 18 heavy (non-hydrogen) atoms. The first-order valence-corrected chi connectivity index (χ1v) is 6.35. The summed E-state index contributed by atoms with van der Waals surface area (Å²) >= 11 is 1.15. The second kappa shape index (κ2) is 4.31. The molecule has 0 aliphatic carbocycles. The van der Waals surface area contributed by atoms with Gasteiger partial charge in [-0.3, -0.25) is 4.79 Å². The van der Waals surface area contributed by atoms with Crippen LogP contribution >= 0.6 is 11.5 Å². The third kappa shape index (κ3) is 1.80. The van der Waals surface area contributed by atoms with E-state index >= 15 is 0 Å². The normalized spacial score (nSPS) is 10.7. The van der Waals surface area contributed by atoms with Crippen molar-refractivity contribution in [2.75, 3.05) is 0 Å². The summed E-state index contributed by atoms with van der Waals surface area (Å²) in [5, 5.41) is 6.07. The monoisotopic (exact) mass is 254 g/mol. The van der Waals surface area contributed by atoms with E-state index in [1.165, 1.54) is 0 Å². The molecule has 0 unspecified atom stereocenters. The fourth-order valence-electron chi connectivity index (χ4n) is 1.90. The first kappa shape index (κ1) is 11.0. The first-order valence-electron chi connectivity index (χ1n) is 5.58. The van der Waals surface area contributed by atoms with E-state index in [9.17, 15) is 4.79 Å². The summed E-state index contributed by atoms with van der Waals surface area (Å²) in [5.74, 6) is -0.00625. The van der Waals surface area contributed by atoms with Crippen LogP contribution in [-0.2, 0) is 0 Å². The van der Waals surface area contributed by atoms with Crippen LogP contribution in [0.15, 0.2) is 42.5 Å². The zero-order valence-electron chi connectivity index (χ0n) is 9.75. The fraction of sp³-hybridized carbons (Fsp3) is 0.0714. The molecule has 0 saturated heterocycles. The molecular formula is C14H10N2OS. The smallest absolute Gasteiger partial charge is 0.206 e. The molecule has 0 atom stereocenters. The van der Waals surface area contributed by atoms with Gasteiger partial charge in [0.05, 0.1) is 5.69 Å². The highest BCUT2D eigenvalue weighted by Crippen LogP contribution is 2.20. The molecule has 88 valence electrons. The van der Waals surface area contributed by atoms with Gasteiger partial charge in [-0.15, -0.1) is 5.10 Å². The summed E-state index contributed by atoms with van der Waals surface area (Å²) in [6.07, 6.45) is 0. The Balaban J connectivity index is 2.10. The van der Waals surface area contributed by atoms with Crippen LogP contribution in [0.3, 0.4) is 0 Å². The van der Waals surface area contributed by atoms with Gasteiger partial charge < -0.3 is 0 Å². The summed E-state index contributed by atoms with van der Waals surface area (Å²) < 4.78 is 3.80. The van der Waals surface area contributed by atoms with Crippen LogP contribution in [0.5, 0.6) is 0 Å². The van der Waals surface area contributed by atoms with Crippen molar-refractivity contribution in [2.24, 2.45) is 0 Å². The molecule has 3 aromatic rings. The minimum Gasteiger partial charge on any atom is -0.288 e. The zero-order valence-corrected chi connectivity index (χ0v) is 10.6. The molecule has 0 bridgehead atoms. The van der Waals surface area contributed by atoms with Crippen LogP contribution in [0.4, 0.5) is 0 Å². The summed E-state index contributed by atoms with van der Waals surface area (Å²) in [4.78, 5) is 12.9. The van der Waals surface area contributed by atoms with Gasteiger partial charge in [-0.1, -0.05) is 40.9 Å². The molecule has 1 aromatic heterocycles. The minimum absolute atomic E-state index is 0.00625. The second-order valence-corrected chi connectivity index (χ2v) is 4.83. The summed E-state index contributed by atoms with van der Waals surface area (Å²) in [7, 11) is 0. The SMILES string of the molecule is Cc1nnsc1C(=O)c1ccc2ccccc2c1. The van der Waals surface area contributed by atoms with Crippen molar-refractivity contribution in [3.63, 3.8) is 0 Å². The van der Waals surface area contributed by atoms with Gasteiger partial charge in [-0.05, 0) is 35.3 Å². The Labute approximate surface area is 108 Å². The minimum atomic E-state index is -0.00625. The first-order chi connectivity index (χ1) is 8.75. The molecule has 1 heterocycles. The van der Waals surface area contributed by atoms with Crippen LogP contribution in [0.2, 0.25) is 0 Å². The maximum Gasteiger partial charge on any atom is 0.206 e. The summed E-state index contributed by atoms with van der Waals surface area (Å²) in [5.41, 5.74) is 1.38. The highest BCUT2D eigenvalue weighted by Gasteiger charge is 2.15. The van der Waals surface area contributed by atoms with Gasteiger partial charge in [0, 0.05) is 5.56 Å². The Morgan fingerprint density at radius 1 is 1.11 bits per heavy atom. The maximum atomic E-state index is 12.3. The lowest BCUT2D eigenvalue weighted by atomic mass is 10.0. The van der Waals surface area contributed by atoms with Gasteiger partial charge in [0.15, 0.2) is 0 Å². The number of fused-ring (bicyclic) bond motifs is 1. The Morgan fingerprint density at radius 3 is 2.61 bits per heavy atom. The van der Waals surface area contributed by atoms with E-state index in [0.717, 1.165) is 22.3 Å². The van der Waals surface area contributed by atoms with Gasteiger partial charge >= 0.3 is 0 Å². The lowest BCUT2D eigenvalue weighted by Crippen LogP contribution is -2.00. The largest absolute Gasteiger partial charge is 0.288 e. The van der Waals surface area contributed by atoms with Gasteiger partial charge in [0.2, 0.25) is 5.78 Å². The van der Waals surface area contributed by atoms with Crippen LogP contribution in [0.25, 0.3) is 10.8 Å². The third-order valence-electron chi connectivity index (χ3n) is 2.87. The molecule has 0 saturated carbocycles. The quantitative estimate of drug-likeness (QED) is 0.659. The standard InChI is InChI=1S/C14H10N2OS/c1-9-14(18-16-15-9)13(17)12-7-6-10-4-2-3-5-11(10)8-12/h2-8H,1H3. The average molecular weight is 254 g/mol. The number of rotatable bonds is 2. The van der Waals surface area contributed by atoms with Crippen molar-refractivity contribution in [2.45, 2.75) is 6.92 Å². The number of nitrogens with zero attached hydrogens (tertiary/aromatic N) is 2. The molecular weight excluding hydrogens is 244 g/mol. The Kier molecular flexibility index (Phi) is 2.64. The molecule has 3 rings (SSSR count). The van der Waals surface area contributed by atoms with Crippen molar-refractivity contribution < 1.29 is 4.79 Å². The highest BCUT2D eigenvalue weighted by atomic mass is 32.1. The topological polar surface area (TPSA) is 42.9 Å². The number of hydrogen-bond acceptors (Lipinski definition) is 4. The number of hydrogen-bond donors (Lipinski definition) is 0. The van der Waals surface area contributed by atoms with E-state index < -0.39 is 0 Å². The molecule has 3 nitrogen and oxygen atoms in total. The third-order valence-corrected chi connectivity index (χ3v) is 3.70. The van der Waals surface area contributed by atoms with E-state index in [4.69, 9.17) is 0 Å². The lowest BCUT2D eigenvalue weighted by Gasteiger charge is -2.01. The second-order valence-electron chi connectivity index (χ2n) is 4.08. The predicted octanol–water partition coefficient (Wildman–Crippen LogP) is 3.23. The summed E-state index contributed by atoms with van der Waals surface area (Å²) in [6.45, 7) is 1.80. The van der Waals surface area contributed by atoms with Crippen molar-refractivity contribution in [3.8, 4) is 0 Å². The average Bonchev–Trinajstić information content (AvgIpc) is 2.83. The highest BCUT2D eigenvalue weighted by molar-refractivity contribution is 7.08. The molecule has 2 aromatic carbocycles. The molecule has 0 radical (unpaired) electrons. The Hall–Kier alpha value is -2.07. The predicted molar refractivity (Wildman–Crippen MR) is 72.0 cm³/mol. The number of benzene rings is 2. The number of carbonyl (C=O) groups is 1. The molecule has 0 aliphatic rings. The van der Waals surface area contributed by atoms with Crippen LogP contribution in [0.1, 0.15) is 20.9 Å². The van der Waals surface area contributed by atoms with Crippen molar-refractivity contribution >= 4 is 28.1 Å². The molecule has 0 spiro atoms. The maximum absolute atomic E-state index is 12.3. The van der Waals surface area contributed by atoms with Gasteiger partial charge in [0.25, 0.3) is 0 Å². The van der Waals surface area contributed by atoms with Crippen molar-refractivity contribution in [1.29, 1.82) is 0 Å². The number of carbonyl (C=O) groups excluding carboxylic acids is 1. The Bertz CT molecular complexity index is 733. The number of aryl methyl sites for hydroxylation is 1. The molecule has 0 aliphatic heterocycles. The number of ketones is 1. The van der Waals surface area contributed by atoms with Gasteiger partial charge in [0.1, 0.15) is 4.88 Å². The van der Waals surface area contributed by atoms with E-state index in [0.29, 0.717) is 16.1 Å². The van der Waals surface area contributed by atoms with Gasteiger partial charge in [-0.25, -0.2) is 0 Å². The van der Waals surface area contributed by atoms with Crippen LogP contribution in [-0.4, -0.2) is 15.4 Å². The van der Waals surface area contributed by atoms with Crippen LogP contribution in [0, 0.1) is 6.92 Å². The van der Waals surface area contributed by atoms with Crippen molar-refractivity contribution in [3.05, 3.63) is 58.6 Å². The molecule has 4 heteroatoms. The lowest BCUT2D eigenvalue weighted by molar-refractivity contribution is 0.104. The van der Waals surface area contributed by atoms with Crippen molar-refractivity contribution in [1.82, 2.24) is 9.59 Å². The number of aromatic nitrogens is 2. The molecule has 0 amide bonds. The van der Waals surface area contributed by atoms with Gasteiger partial charge in [-0.2, -0.15) is 0 Å². The molecule has 0 N–H and O–H groups in total. The van der Waals surface area contributed by atoms with E-state index in [1.54, 1.807) is 6.92 Å². The van der Waals surface area contributed by atoms with E-state index in [1.807, 2.05) is 42.5 Å². The molecule has 0 fully saturated rings. The van der Waals surface area contributed by atoms with E-state index in [2.05, 4.69) is 9.59 Å². The Morgan fingerprint density at radius 2 is 1.89 bits per heavy atom. The fourth-order valence-corrected chi connectivity index (χ4v) is 2.52. The zero-order chi connectivity index (χ0) is 12.5. The van der Waals surface area contributed by atoms with Crippen LogP contribution < -0.4 is 0 Å².